The molecular formula is C32H38F2N4O3. The molecule has 0 unspecified atom stereocenters. The molecule has 1 fully saturated rings. The minimum atomic E-state index is -2.68. The van der Waals surface area contributed by atoms with Crippen LogP contribution in [-0.2, 0) is 19.4 Å². The van der Waals surface area contributed by atoms with Crippen molar-refractivity contribution in [2.24, 2.45) is 5.92 Å². The van der Waals surface area contributed by atoms with Gasteiger partial charge in [0, 0.05) is 31.0 Å². The van der Waals surface area contributed by atoms with E-state index in [1.54, 1.807) is 16.8 Å². The van der Waals surface area contributed by atoms with Crippen LogP contribution in [0.2, 0.25) is 0 Å². The molecule has 5 rings (SSSR count). The molecule has 218 valence electrons. The Labute approximate surface area is 239 Å². The van der Waals surface area contributed by atoms with Gasteiger partial charge in [0.2, 0.25) is 5.92 Å². The number of alkyl halides is 2. The van der Waals surface area contributed by atoms with Crippen molar-refractivity contribution in [2.45, 2.75) is 83.7 Å². The van der Waals surface area contributed by atoms with Gasteiger partial charge in [0.05, 0.1) is 12.3 Å². The zero-order valence-electron chi connectivity index (χ0n) is 23.7. The number of benzene rings is 2. The lowest BCUT2D eigenvalue weighted by molar-refractivity contribution is 0.00767. The highest BCUT2D eigenvalue weighted by Crippen LogP contribution is 2.34. The van der Waals surface area contributed by atoms with Crippen LogP contribution in [0.4, 0.5) is 14.6 Å². The molecule has 1 saturated carbocycles. The Morgan fingerprint density at radius 1 is 1.17 bits per heavy atom. The first kappa shape index (κ1) is 28.8. The Morgan fingerprint density at radius 2 is 1.95 bits per heavy atom. The number of hydrogen-bond acceptors (Lipinski definition) is 4. The maximum absolute atomic E-state index is 13.3. The summed E-state index contributed by atoms with van der Waals surface area (Å²) in [5, 5.41) is 10.9. The van der Waals surface area contributed by atoms with Gasteiger partial charge < -0.3 is 15.4 Å². The molecule has 1 atom stereocenters. The quantitative estimate of drug-likeness (QED) is 0.237. The Bertz CT molecular complexity index is 1380. The number of aromatic nitrogens is 2. The number of aryl methyl sites for hydroxylation is 3. The van der Waals surface area contributed by atoms with E-state index in [4.69, 9.17) is 9.84 Å². The van der Waals surface area contributed by atoms with Crippen molar-refractivity contribution < 1.29 is 23.1 Å². The predicted molar refractivity (Wildman–Crippen MR) is 154 cm³/mol. The molecule has 2 aliphatic rings. The monoisotopic (exact) mass is 564 g/mol. The highest BCUT2D eigenvalue weighted by Gasteiger charge is 2.33. The van der Waals surface area contributed by atoms with Crippen molar-refractivity contribution in [3.63, 3.8) is 0 Å². The van der Waals surface area contributed by atoms with Crippen LogP contribution >= 0.6 is 0 Å². The Kier molecular flexibility index (Phi) is 8.71. The van der Waals surface area contributed by atoms with Crippen molar-refractivity contribution >= 4 is 17.6 Å². The number of hydrogen-bond donors (Lipinski definition) is 2. The van der Waals surface area contributed by atoms with Crippen LogP contribution < -0.4 is 15.4 Å². The fourth-order valence-electron chi connectivity index (χ4n) is 5.20. The summed E-state index contributed by atoms with van der Waals surface area (Å²) in [6.07, 6.45) is 5.48. The van der Waals surface area contributed by atoms with Crippen LogP contribution in [0.25, 0.3) is 0 Å². The van der Waals surface area contributed by atoms with Gasteiger partial charge >= 0.3 is 0 Å². The molecule has 1 aliphatic heterocycles. The second-order valence-corrected chi connectivity index (χ2v) is 11.5. The third-order valence-corrected chi connectivity index (χ3v) is 7.73. The summed E-state index contributed by atoms with van der Waals surface area (Å²) < 4.78 is 33.5. The van der Waals surface area contributed by atoms with Gasteiger partial charge in [-0.2, -0.15) is 5.10 Å². The minimum Gasteiger partial charge on any atom is -0.494 e. The largest absolute Gasteiger partial charge is 0.494 e. The second-order valence-electron chi connectivity index (χ2n) is 11.5. The molecule has 2 aromatic carbocycles. The average molecular weight is 565 g/mol. The van der Waals surface area contributed by atoms with E-state index in [-0.39, 0.29) is 37.3 Å². The number of nitrogens with zero attached hydrogens (tertiary/aromatic N) is 2. The number of halogens is 2. The predicted octanol–water partition coefficient (Wildman–Crippen LogP) is 6.35. The molecule has 2 N–H and O–H groups in total. The number of rotatable bonds is 13. The van der Waals surface area contributed by atoms with Crippen molar-refractivity contribution in [1.82, 2.24) is 15.1 Å². The summed E-state index contributed by atoms with van der Waals surface area (Å²) in [5.41, 5.74) is 3.80. The first-order valence-corrected chi connectivity index (χ1v) is 14.5. The zero-order chi connectivity index (χ0) is 29.0. The molecule has 3 aromatic rings. The maximum atomic E-state index is 13.3. The van der Waals surface area contributed by atoms with E-state index in [0.29, 0.717) is 60.1 Å². The first-order chi connectivity index (χ1) is 19.6. The van der Waals surface area contributed by atoms with Crippen LogP contribution in [0, 0.1) is 12.8 Å². The molecule has 1 aromatic heterocycles. The number of fused-ring (bicyclic) bond motifs is 1. The summed E-state index contributed by atoms with van der Waals surface area (Å²) in [6, 6.07) is 14.9. The topological polar surface area (TPSA) is 85.2 Å². The molecule has 0 radical (unpaired) electrons. The van der Waals surface area contributed by atoms with E-state index in [1.165, 1.54) is 12.8 Å². The van der Waals surface area contributed by atoms with Gasteiger partial charge in [-0.15, -0.1) is 0 Å². The van der Waals surface area contributed by atoms with E-state index < -0.39 is 5.92 Å². The van der Waals surface area contributed by atoms with Crippen molar-refractivity contribution in [1.29, 1.82) is 0 Å². The SMILES string of the molecule is Cc1ccc(C(=O)Nc2c3c(nn2CCC2CC2)C[C@H](CCc2cccc(OCCCC(C)(F)F)c2)NC3=O)cc1. The first-order valence-electron chi connectivity index (χ1n) is 14.5. The lowest BCUT2D eigenvalue weighted by Gasteiger charge is -2.23. The third kappa shape index (κ3) is 7.93. The number of nitrogens with one attached hydrogen (secondary N) is 2. The Hall–Kier alpha value is -3.75. The molecule has 0 spiro atoms. The number of anilines is 1. The van der Waals surface area contributed by atoms with Crippen LogP contribution in [0.3, 0.4) is 0 Å². The fourth-order valence-corrected chi connectivity index (χ4v) is 5.20. The van der Waals surface area contributed by atoms with Crippen LogP contribution in [0.5, 0.6) is 5.75 Å². The summed E-state index contributed by atoms with van der Waals surface area (Å²) in [4.78, 5) is 26.4. The normalized spacial score (nSPS) is 16.7. The summed E-state index contributed by atoms with van der Waals surface area (Å²) in [5.74, 6) is -1.37. The van der Waals surface area contributed by atoms with E-state index >= 15 is 0 Å². The van der Waals surface area contributed by atoms with E-state index in [1.807, 2.05) is 43.3 Å². The third-order valence-electron chi connectivity index (χ3n) is 7.73. The number of carbonyl (C=O) groups excluding carboxylic acids is 2. The molecule has 0 saturated heterocycles. The van der Waals surface area contributed by atoms with Crippen LogP contribution in [0.1, 0.15) is 83.0 Å². The molecule has 9 heteroatoms. The number of carbonyl (C=O) groups is 2. The lowest BCUT2D eigenvalue weighted by Crippen LogP contribution is -2.41. The van der Waals surface area contributed by atoms with Crippen molar-refractivity contribution in [3.8, 4) is 5.75 Å². The molecular weight excluding hydrogens is 526 g/mol. The molecule has 0 bridgehead atoms. The fraction of sp³-hybridized carbons (Fsp3) is 0.469. The van der Waals surface area contributed by atoms with Gasteiger partial charge in [0.25, 0.3) is 11.8 Å². The maximum Gasteiger partial charge on any atom is 0.257 e. The Balaban J connectivity index is 1.23. The number of amides is 2. The van der Waals surface area contributed by atoms with E-state index in [9.17, 15) is 18.4 Å². The van der Waals surface area contributed by atoms with Crippen molar-refractivity contribution in [3.05, 3.63) is 76.5 Å². The minimum absolute atomic E-state index is 0.0983. The lowest BCUT2D eigenvalue weighted by atomic mass is 9.96. The van der Waals surface area contributed by atoms with Crippen LogP contribution in [0.15, 0.2) is 48.5 Å². The van der Waals surface area contributed by atoms with Gasteiger partial charge in [-0.25, -0.2) is 13.5 Å². The van der Waals surface area contributed by atoms with Crippen LogP contribution in [-0.4, -0.2) is 40.2 Å². The van der Waals surface area contributed by atoms with Gasteiger partial charge in [-0.1, -0.05) is 42.7 Å². The molecule has 2 amide bonds. The van der Waals surface area contributed by atoms with Gasteiger partial charge in [-0.3, -0.25) is 9.59 Å². The van der Waals surface area contributed by atoms with Gasteiger partial charge in [0.1, 0.15) is 17.1 Å². The van der Waals surface area contributed by atoms with E-state index in [2.05, 4.69) is 10.6 Å². The van der Waals surface area contributed by atoms with E-state index in [0.717, 1.165) is 24.5 Å². The summed E-state index contributed by atoms with van der Waals surface area (Å²) >= 11 is 0. The summed E-state index contributed by atoms with van der Waals surface area (Å²) in [6.45, 7) is 3.78. The second kappa shape index (κ2) is 12.4. The molecule has 1 aliphatic carbocycles. The highest BCUT2D eigenvalue weighted by atomic mass is 19.3. The zero-order valence-corrected chi connectivity index (χ0v) is 23.7. The highest BCUT2D eigenvalue weighted by molar-refractivity contribution is 6.09. The summed E-state index contributed by atoms with van der Waals surface area (Å²) in [7, 11) is 0. The number of ether oxygens (including phenoxy) is 1. The Morgan fingerprint density at radius 3 is 2.68 bits per heavy atom. The molecule has 7 nitrogen and oxygen atoms in total. The molecule has 41 heavy (non-hydrogen) atoms. The molecule has 2 heterocycles. The average Bonchev–Trinajstić information content (AvgIpc) is 3.70. The smallest absolute Gasteiger partial charge is 0.257 e. The standard InChI is InChI=1S/C32H38F2N4O3/c1-21-7-12-24(13-8-21)30(39)36-29-28-27(37-38(29)17-15-22-9-10-22)20-25(35-31(28)40)14-11-23-5-3-6-26(19-23)41-18-4-16-32(2,33)34/h3,5-8,12-13,19,22,25H,4,9-11,14-18,20H2,1-2H3,(H,35,40)(H,36,39)/t25-/m0/s1. The van der Waals surface area contributed by atoms with Gasteiger partial charge in [0.15, 0.2) is 0 Å². The van der Waals surface area contributed by atoms with Crippen molar-refractivity contribution in [2.75, 3.05) is 11.9 Å². The van der Waals surface area contributed by atoms with Gasteiger partial charge in [-0.05, 0) is 75.3 Å².